The molecule has 20 heavy (non-hydrogen) atoms. The van der Waals surface area contributed by atoms with Crippen molar-refractivity contribution in [2.75, 3.05) is 39.4 Å². The third kappa shape index (κ3) is 4.10. The molecule has 10 heteroatoms. The maximum absolute atomic E-state index is 11.2. The molecule has 0 bridgehead atoms. The van der Waals surface area contributed by atoms with E-state index in [1.807, 2.05) is 0 Å². The first-order chi connectivity index (χ1) is 9.38. The Hall–Kier alpha value is -1.81. The second-order valence-corrected chi connectivity index (χ2v) is 4.62. The minimum atomic E-state index is -2.31. The number of nitro groups is 2. The Kier molecular flexibility index (Phi) is 5.77. The Morgan fingerprint density at radius 1 is 1.30 bits per heavy atom. The van der Waals surface area contributed by atoms with E-state index in [0.29, 0.717) is 26.3 Å². The van der Waals surface area contributed by atoms with Gasteiger partial charge in [-0.3, -0.25) is 29.9 Å². The zero-order valence-electron chi connectivity index (χ0n) is 11.2. The fourth-order valence-electron chi connectivity index (χ4n) is 2.00. The van der Waals surface area contributed by atoms with Crippen LogP contribution in [0.5, 0.6) is 0 Å². The highest BCUT2D eigenvalue weighted by molar-refractivity contribution is 5.72. The fraction of sp³-hybridized carbons (Fsp3) is 0.900. The van der Waals surface area contributed by atoms with Crippen LogP contribution in [0.3, 0.4) is 0 Å². The number of carbonyl (C=O) groups excluding carboxylic acids is 1. The molecule has 10 nitrogen and oxygen atoms in total. The lowest BCUT2D eigenvalue weighted by atomic mass is 10.1. The van der Waals surface area contributed by atoms with Gasteiger partial charge >= 0.3 is 5.66 Å². The molecule has 1 heterocycles. The molecule has 0 saturated carbocycles. The second-order valence-electron chi connectivity index (χ2n) is 4.62. The third-order valence-corrected chi connectivity index (χ3v) is 3.16. The first kappa shape index (κ1) is 16.2. The molecule has 1 amide bonds. The first-order valence-electron chi connectivity index (χ1n) is 6.22. The summed E-state index contributed by atoms with van der Waals surface area (Å²) in [5, 5.41) is 24.8. The Balaban J connectivity index is 2.77. The molecule has 0 atom stereocenters. The second kappa shape index (κ2) is 7.10. The first-order valence-corrected chi connectivity index (χ1v) is 6.22. The average molecular weight is 290 g/mol. The molecule has 1 saturated heterocycles. The summed E-state index contributed by atoms with van der Waals surface area (Å²) >= 11 is 0. The van der Waals surface area contributed by atoms with Gasteiger partial charge in [-0.25, -0.2) is 0 Å². The van der Waals surface area contributed by atoms with E-state index < -0.39 is 15.5 Å². The van der Waals surface area contributed by atoms with Gasteiger partial charge in [-0.2, -0.15) is 0 Å². The number of hydrogen-bond donors (Lipinski definition) is 1. The Bertz CT molecular complexity index is 368. The molecule has 0 aromatic carbocycles. The molecule has 0 aromatic rings. The molecule has 1 N–H and O–H groups in total. The van der Waals surface area contributed by atoms with Crippen molar-refractivity contribution in [3.05, 3.63) is 20.2 Å². The van der Waals surface area contributed by atoms with Crippen LogP contribution in [0.4, 0.5) is 0 Å². The number of nitrogens with one attached hydrogen (secondary N) is 1. The van der Waals surface area contributed by atoms with Crippen molar-refractivity contribution in [2.45, 2.75) is 19.0 Å². The molecule has 0 aliphatic carbocycles. The minimum Gasteiger partial charge on any atom is -0.379 e. The largest absolute Gasteiger partial charge is 0.472 e. The average Bonchev–Trinajstić information content (AvgIpc) is 2.37. The molecule has 1 fully saturated rings. The van der Waals surface area contributed by atoms with Gasteiger partial charge in [0.05, 0.1) is 23.1 Å². The van der Waals surface area contributed by atoms with Gasteiger partial charge in [0.2, 0.25) is 5.91 Å². The number of morpholine rings is 1. The van der Waals surface area contributed by atoms with E-state index in [-0.39, 0.29) is 25.4 Å². The van der Waals surface area contributed by atoms with Crippen LogP contribution in [0, 0.1) is 20.2 Å². The minimum absolute atomic E-state index is 0.109. The summed E-state index contributed by atoms with van der Waals surface area (Å²) in [6.45, 7) is 2.49. The van der Waals surface area contributed by atoms with Crippen molar-refractivity contribution in [1.29, 1.82) is 0 Å². The quantitative estimate of drug-likeness (QED) is 0.365. The standard InChI is InChI=1S/C10H18N4O6/c1-9(15)11-3-2-10(13(16)17,14(18)19)8-12-4-6-20-7-5-12/h2-8H2,1H3,(H,11,15). The molecule has 0 radical (unpaired) electrons. The lowest BCUT2D eigenvalue weighted by Crippen LogP contribution is -2.57. The summed E-state index contributed by atoms with van der Waals surface area (Å²) in [5.41, 5.74) is -2.31. The monoisotopic (exact) mass is 290 g/mol. The number of ether oxygens (including phenoxy) is 1. The molecule has 1 rings (SSSR count). The van der Waals surface area contributed by atoms with E-state index in [9.17, 15) is 25.0 Å². The van der Waals surface area contributed by atoms with Crippen LogP contribution in [0.25, 0.3) is 0 Å². The number of hydrogen-bond acceptors (Lipinski definition) is 7. The highest BCUT2D eigenvalue weighted by Gasteiger charge is 2.56. The van der Waals surface area contributed by atoms with Crippen LogP contribution in [0.15, 0.2) is 0 Å². The van der Waals surface area contributed by atoms with E-state index >= 15 is 0 Å². The zero-order valence-corrected chi connectivity index (χ0v) is 11.2. The predicted octanol–water partition coefficient (Wildman–Crippen LogP) is -0.905. The summed E-state index contributed by atoms with van der Waals surface area (Å²) in [7, 11) is 0. The third-order valence-electron chi connectivity index (χ3n) is 3.16. The molecular formula is C10H18N4O6. The molecule has 1 aliphatic heterocycles. The van der Waals surface area contributed by atoms with E-state index in [1.165, 1.54) is 6.92 Å². The van der Waals surface area contributed by atoms with Gasteiger partial charge in [0.15, 0.2) is 0 Å². The highest BCUT2D eigenvalue weighted by Crippen LogP contribution is 2.18. The smallest absolute Gasteiger partial charge is 0.379 e. The summed E-state index contributed by atoms with van der Waals surface area (Å²) in [4.78, 5) is 33.1. The number of nitrogens with zero attached hydrogens (tertiary/aromatic N) is 3. The summed E-state index contributed by atoms with van der Waals surface area (Å²) in [6.07, 6.45) is -0.357. The molecule has 114 valence electrons. The van der Waals surface area contributed by atoms with Crippen LogP contribution in [-0.2, 0) is 9.53 Å². The van der Waals surface area contributed by atoms with Crippen LogP contribution in [0.2, 0.25) is 0 Å². The summed E-state index contributed by atoms with van der Waals surface area (Å²) in [6, 6.07) is 0. The van der Waals surface area contributed by atoms with Gasteiger partial charge in [0, 0.05) is 26.6 Å². The fourth-order valence-corrected chi connectivity index (χ4v) is 2.00. The highest BCUT2D eigenvalue weighted by atomic mass is 16.7. The van der Waals surface area contributed by atoms with Gasteiger partial charge in [-0.05, 0) is 0 Å². The number of carbonyl (C=O) groups is 1. The van der Waals surface area contributed by atoms with E-state index in [2.05, 4.69) is 5.32 Å². The summed E-state index contributed by atoms with van der Waals surface area (Å²) < 4.78 is 5.11. The van der Waals surface area contributed by atoms with Crippen LogP contribution < -0.4 is 5.32 Å². The van der Waals surface area contributed by atoms with Crippen LogP contribution in [0.1, 0.15) is 13.3 Å². The Labute approximate surface area is 115 Å². The van der Waals surface area contributed by atoms with Crippen molar-refractivity contribution in [1.82, 2.24) is 10.2 Å². The van der Waals surface area contributed by atoms with E-state index in [1.54, 1.807) is 4.90 Å². The molecule has 1 aliphatic rings. The molecule has 0 unspecified atom stereocenters. The molecule has 0 spiro atoms. The van der Waals surface area contributed by atoms with Crippen molar-refractivity contribution < 1.29 is 19.4 Å². The van der Waals surface area contributed by atoms with Gasteiger partial charge in [-0.15, -0.1) is 0 Å². The topological polar surface area (TPSA) is 128 Å². The number of amides is 1. The van der Waals surface area contributed by atoms with Crippen molar-refractivity contribution in [3.63, 3.8) is 0 Å². The molecular weight excluding hydrogens is 272 g/mol. The van der Waals surface area contributed by atoms with Crippen LogP contribution in [-0.4, -0.2) is 65.7 Å². The Morgan fingerprint density at radius 2 is 1.85 bits per heavy atom. The van der Waals surface area contributed by atoms with E-state index in [4.69, 9.17) is 4.74 Å². The van der Waals surface area contributed by atoms with Gasteiger partial charge in [0.25, 0.3) is 0 Å². The predicted molar refractivity (Wildman–Crippen MR) is 67.3 cm³/mol. The maximum atomic E-state index is 11.2. The van der Waals surface area contributed by atoms with Crippen LogP contribution >= 0.6 is 0 Å². The Morgan fingerprint density at radius 3 is 2.30 bits per heavy atom. The van der Waals surface area contributed by atoms with Crippen molar-refractivity contribution >= 4 is 5.91 Å². The lowest BCUT2D eigenvalue weighted by molar-refractivity contribution is -0.796. The van der Waals surface area contributed by atoms with Gasteiger partial charge < -0.3 is 10.1 Å². The van der Waals surface area contributed by atoms with Crippen molar-refractivity contribution in [3.8, 4) is 0 Å². The van der Waals surface area contributed by atoms with E-state index in [0.717, 1.165) is 0 Å². The molecule has 0 aromatic heterocycles. The SMILES string of the molecule is CC(=O)NCCC(CN1CCOCC1)([N+](=O)[O-])[N+](=O)[O-]. The van der Waals surface area contributed by atoms with Crippen molar-refractivity contribution in [2.24, 2.45) is 0 Å². The van der Waals surface area contributed by atoms with Gasteiger partial charge in [-0.1, -0.05) is 0 Å². The maximum Gasteiger partial charge on any atom is 0.472 e. The van der Waals surface area contributed by atoms with Gasteiger partial charge in [0.1, 0.15) is 13.0 Å². The summed E-state index contributed by atoms with van der Waals surface area (Å²) in [5.74, 6) is -0.378. The normalized spacial score (nSPS) is 16.6. The zero-order chi connectivity index (χ0) is 15.2. The lowest BCUT2D eigenvalue weighted by Gasteiger charge is -2.29. The number of rotatable bonds is 7.